The fourth-order valence-corrected chi connectivity index (χ4v) is 1.94. The summed E-state index contributed by atoms with van der Waals surface area (Å²) in [6.07, 6.45) is 0.571. The van der Waals surface area contributed by atoms with Gasteiger partial charge < -0.3 is 9.64 Å². The maximum atomic E-state index is 12.3. The van der Waals surface area contributed by atoms with E-state index in [9.17, 15) is 18.0 Å². The Morgan fingerprint density at radius 2 is 2.05 bits per heavy atom. The second-order valence-electron chi connectivity index (χ2n) is 4.09. The Kier molecular flexibility index (Phi) is 3.38. The lowest BCUT2D eigenvalue weighted by Gasteiger charge is -2.20. The first-order chi connectivity index (χ1) is 8.90. The van der Waals surface area contributed by atoms with Crippen LogP contribution in [0.15, 0.2) is 24.3 Å². The lowest BCUT2D eigenvalue weighted by Crippen LogP contribution is -2.26. The molecule has 0 N–H and O–H groups in total. The average Bonchev–Trinajstić information content (AvgIpc) is 2.69. The van der Waals surface area contributed by atoms with E-state index in [2.05, 4.69) is 10.7 Å². The van der Waals surface area contributed by atoms with Crippen molar-refractivity contribution >= 4 is 11.6 Å². The smallest absolute Gasteiger partial charge is 0.404 e. The zero-order chi connectivity index (χ0) is 14.0. The number of nitrogens with zero attached hydrogens (tertiary/aromatic N) is 1. The Bertz CT molecular complexity index is 533. The summed E-state index contributed by atoms with van der Waals surface area (Å²) in [4.78, 5) is 13.0. The Hall–Kier alpha value is -2.16. The summed E-state index contributed by atoms with van der Waals surface area (Å²) in [6, 6.07) is 5.51. The van der Waals surface area contributed by atoms with Gasteiger partial charge in [-0.1, -0.05) is 12.1 Å². The topological polar surface area (TPSA) is 29.5 Å². The van der Waals surface area contributed by atoms with Crippen LogP contribution in [0, 0.1) is 18.3 Å². The molecule has 2 rings (SSSR count). The quantitative estimate of drug-likeness (QED) is 0.772. The number of anilines is 1. The number of para-hydroxylation sites is 2. The van der Waals surface area contributed by atoms with Gasteiger partial charge in [-0.2, -0.15) is 0 Å². The van der Waals surface area contributed by atoms with Crippen molar-refractivity contribution in [2.24, 2.45) is 5.92 Å². The van der Waals surface area contributed by atoms with E-state index < -0.39 is 12.1 Å². The highest BCUT2D eigenvalue weighted by Crippen LogP contribution is 2.35. The largest absolute Gasteiger partial charge is 0.573 e. The normalized spacial score (nSPS) is 19.4. The fourth-order valence-electron chi connectivity index (χ4n) is 1.94. The van der Waals surface area contributed by atoms with Crippen LogP contribution in [0.1, 0.15) is 6.42 Å². The molecule has 0 aromatic heterocycles. The lowest BCUT2D eigenvalue weighted by atomic mass is 10.1. The van der Waals surface area contributed by atoms with Crippen molar-refractivity contribution in [3.8, 4) is 18.1 Å². The van der Waals surface area contributed by atoms with Crippen molar-refractivity contribution in [1.29, 1.82) is 0 Å². The zero-order valence-corrected chi connectivity index (χ0v) is 9.78. The van der Waals surface area contributed by atoms with E-state index in [1.54, 1.807) is 0 Å². The van der Waals surface area contributed by atoms with Crippen molar-refractivity contribution in [2.75, 3.05) is 11.4 Å². The molecular formula is C13H10F3NO2. The molecule has 0 aliphatic carbocycles. The van der Waals surface area contributed by atoms with Crippen LogP contribution in [0.3, 0.4) is 0 Å². The first-order valence-electron chi connectivity index (χ1n) is 5.52. The molecule has 6 heteroatoms. The minimum Gasteiger partial charge on any atom is -0.404 e. The molecule has 1 saturated heterocycles. The summed E-state index contributed by atoms with van der Waals surface area (Å²) in [7, 11) is 0. The number of carbonyl (C=O) groups excluding carboxylic acids is 1. The highest BCUT2D eigenvalue weighted by molar-refractivity contribution is 5.97. The van der Waals surface area contributed by atoms with Crippen LogP contribution in [0.25, 0.3) is 0 Å². The minimum atomic E-state index is -4.80. The highest BCUT2D eigenvalue weighted by atomic mass is 19.4. The number of amides is 1. The van der Waals surface area contributed by atoms with E-state index >= 15 is 0 Å². The van der Waals surface area contributed by atoms with Crippen LogP contribution in [-0.2, 0) is 4.79 Å². The number of alkyl halides is 3. The molecule has 100 valence electrons. The third-order valence-corrected chi connectivity index (χ3v) is 2.74. The predicted molar refractivity (Wildman–Crippen MR) is 62.4 cm³/mol. The van der Waals surface area contributed by atoms with Gasteiger partial charge in [0.15, 0.2) is 5.75 Å². The standard InChI is InChI=1S/C13H10F3NO2/c1-2-9-7-12(18)17(8-9)10-5-3-4-6-11(10)19-13(14,15)16/h1,3-6,9H,7-8H2. The molecule has 0 spiro atoms. The number of ether oxygens (including phenoxy) is 1. The molecule has 3 nitrogen and oxygen atoms in total. The second-order valence-corrected chi connectivity index (χ2v) is 4.09. The van der Waals surface area contributed by atoms with Crippen molar-refractivity contribution in [2.45, 2.75) is 12.8 Å². The number of halogens is 3. The van der Waals surface area contributed by atoms with Crippen molar-refractivity contribution in [1.82, 2.24) is 0 Å². The first-order valence-corrected chi connectivity index (χ1v) is 5.52. The number of rotatable bonds is 2. The summed E-state index contributed by atoms with van der Waals surface area (Å²) in [5.41, 5.74) is 0.0857. The van der Waals surface area contributed by atoms with Crippen LogP contribution < -0.4 is 9.64 Å². The van der Waals surface area contributed by atoms with Gasteiger partial charge >= 0.3 is 6.36 Å². The maximum Gasteiger partial charge on any atom is 0.573 e. The predicted octanol–water partition coefficient (Wildman–Crippen LogP) is 2.57. The van der Waals surface area contributed by atoms with Crippen LogP contribution in [0.2, 0.25) is 0 Å². The monoisotopic (exact) mass is 269 g/mol. The van der Waals surface area contributed by atoms with E-state index in [-0.39, 0.29) is 30.5 Å². The van der Waals surface area contributed by atoms with Crippen LogP contribution >= 0.6 is 0 Å². The molecule has 0 bridgehead atoms. The molecule has 1 aromatic rings. The molecular weight excluding hydrogens is 259 g/mol. The van der Waals surface area contributed by atoms with E-state index in [1.165, 1.54) is 29.2 Å². The van der Waals surface area contributed by atoms with Gasteiger partial charge in [0.05, 0.1) is 5.69 Å². The van der Waals surface area contributed by atoms with E-state index in [0.29, 0.717) is 0 Å². The molecule has 0 radical (unpaired) electrons. The summed E-state index contributed by atoms with van der Waals surface area (Å²) in [5, 5.41) is 0. The van der Waals surface area contributed by atoms with Gasteiger partial charge in [0.25, 0.3) is 0 Å². The van der Waals surface area contributed by atoms with Gasteiger partial charge in [-0.15, -0.1) is 25.5 Å². The Morgan fingerprint density at radius 3 is 2.63 bits per heavy atom. The zero-order valence-electron chi connectivity index (χ0n) is 9.78. The molecule has 1 fully saturated rings. The summed E-state index contributed by atoms with van der Waals surface area (Å²) in [5.74, 6) is 1.44. The number of benzene rings is 1. The van der Waals surface area contributed by atoms with Crippen LogP contribution in [0.5, 0.6) is 5.75 Å². The fraction of sp³-hybridized carbons (Fsp3) is 0.308. The van der Waals surface area contributed by atoms with Crippen molar-refractivity contribution < 1.29 is 22.7 Å². The molecule has 1 aromatic carbocycles. The van der Waals surface area contributed by atoms with Crippen LogP contribution in [-0.4, -0.2) is 18.8 Å². The van der Waals surface area contributed by atoms with Gasteiger partial charge in [0, 0.05) is 18.9 Å². The van der Waals surface area contributed by atoms with Crippen LogP contribution in [0.4, 0.5) is 18.9 Å². The molecule has 1 heterocycles. The third kappa shape index (κ3) is 2.99. The lowest BCUT2D eigenvalue weighted by molar-refractivity contribution is -0.274. The van der Waals surface area contributed by atoms with Gasteiger partial charge in [0.1, 0.15) is 0 Å². The van der Waals surface area contributed by atoms with Gasteiger partial charge in [0.2, 0.25) is 5.91 Å². The van der Waals surface area contributed by atoms with E-state index in [1.807, 2.05) is 0 Å². The highest BCUT2D eigenvalue weighted by Gasteiger charge is 2.35. The molecule has 0 saturated carbocycles. The number of carbonyl (C=O) groups is 1. The first kappa shape index (κ1) is 13.3. The molecule has 1 amide bonds. The van der Waals surface area contributed by atoms with E-state index in [4.69, 9.17) is 6.42 Å². The summed E-state index contributed by atoms with van der Waals surface area (Å²) >= 11 is 0. The van der Waals surface area contributed by atoms with Gasteiger partial charge in [-0.25, -0.2) is 0 Å². The SMILES string of the molecule is C#CC1CC(=O)N(c2ccccc2OC(F)(F)F)C1. The van der Waals surface area contributed by atoms with Crippen molar-refractivity contribution in [3.05, 3.63) is 24.3 Å². The Balaban J connectivity index is 2.31. The van der Waals surface area contributed by atoms with E-state index in [0.717, 1.165) is 0 Å². The van der Waals surface area contributed by atoms with Crippen molar-refractivity contribution in [3.63, 3.8) is 0 Å². The summed E-state index contributed by atoms with van der Waals surface area (Å²) < 4.78 is 40.8. The Labute approximate surface area is 108 Å². The second kappa shape index (κ2) is 4.84. The molecule has 1 atom stereocenters. The molecule has 19 heavy (non-hydrogen) atoms. The minimum absolute atomic E-state index is 0.0857. The molecule has 1 unspecified atom stereocenters. The third-order valence-electron chi connectivity index (χ3n) is 2.74. The number of hydrogen-bond acceptors (Lipinski definition) is 2. The molecule has 1 aliphatic heterocycles. The number of terminal acetylenes is 1. The van der Waals surface area contributed by atoms with Gasteiger partial charge in [-0.3, -0.25) is 4.79 Å². The van der Waals surface area contributed by atoms with Gasteiger partial charge in [-0.05, 0) is 12.1 Å². The number of hydrogen-bond donors (Lipinski definition) is 0. The Morgan fingerprint density at radius 1 is 1.37 bits per heavy atom. The summed E-state index contributed by atoms with van der Waals surface area (Å²) in [6.45, 7) is 0.202. The maximum absolute atomic E-state index is 12.3. The molecule has 1 aliphatic rings. The average molecular weight is 269 g/mol.